The first-order chi connectivity index (χ1) is 12.4. The molecule has 2 aromatic rings. The number of carbonyl (C=O) groups is 1. The van der Waals surface area contributed by atoms with Crippen molar-refractivity contribution in [1.29, 1.82) is 0 Å². The van der Waals surface area contributed by atoms with E-state index in [1.165, 1.54) is 16.8 Å². The number of hydrogen-bond acceptors (Lipinski definition) is 6. The molecule has 2 aromatic heterocycles. The van der Waals surface area contributed by atoms with Crippen LogP contribution in [0.5, 0.6) is 0 Å². The van der Waals surface area contributed by atoms with Crippen molar-refractivity contribution in [3.63, 3.8) is 0 Å². The van der Waals surface area contributed by atoms with E-state index in [0.717, 1.165) is 18.6 Å². The summed E-state index contributed by atoms with van der Waals surface area (Å²) in [6.07, 6.45) is 5.66. The molecule has 1 amide bonds. The lowest BCUT2D eigenvalue weighted by molar-refractivity contribution is 0.0753. The van der Waals surface area contributed by atoms with E-state index in [1.54, 1.807) is 22.6 Å². The van der Waals surface area contributed by atoms with Crippen LogP contribution in [0.2, 0.25) is 0 Å². The Morgan fingerprint density at radius 1 is 1.23 bits per heavy atom. The molecule has 26 heavy (non-hydrogen) atoms. The van der Waals surface area contributed by atoms with E-state index in [9.17, 15) is 13.2 Å². The minimum Gasteiger partial charge on any atom is -0.360 e. The van der Waals surface area contributed by atoms with E-state index in [2.05, 4.69) is 10.1 Å². The molecule has 0 bridgehead atoms. The molecule has 2 fully saturated rings. The van der Waals surface area contributed by atoms with Crippen LogP contribution < -0.4 is 0 Å². The molecule has 0 unspecified atom stereocenters. The lowest BCUT2D eigenvalue weighted by Crippen LogP contribution is -2.37. The largest absolute Gasteiger partial charge is 0.360 e. The molecule has 0 radical (unpaired) electrons. The smallest absolute Gasteiger partial charge is 0.276 e. The maximum absolute atomic E-state index is 12.7. The second-order valence-corrected chi connectivity index (χ2v) is 8.70. The molecule has 10 heteroatoms. The molecule has 1 aliphatic carbocycles. The number of rotatable bonds is 4. The summed E-state index contributed by atoms with van der Waals surface area (Å²) in [6, 6.07) is 1.72. The summed E-state index contributed by atoms with van der Waals surface area (Å²) >= 11 is 0. The highest BCUT2D eigenvalue weighted by Crippen LogP contribution is 2.40. The first-order valence-electron chi connectivity index (χ1n) is 8.69. The highest BCUT2D eigenvalue weighted by molar-refractivity contribution is 7.89. The van der Waals surface area contributed by atoms with Gasteiger partial charge in [-0.15, -0.1) is 0 Å². The van der Waals surface area contributed by atoms with Crippen molar-refractivity contribution in [1.82, 2.24) is 23.9 Å². The van der Waals surface area contributed by atoms with Gasteiger partial charge in [0.25, 0.3) is 15.9 Å². The molecule has 0 aromatic carbocycles. The second kappa shape index (κ2) is 6.51. The van der Waals surface area contributed by atoms with Gasteiger partial charge in [0.2, 0.25) is 0 Å². The number of imidazole rings is 1. The molecule has 0 spiro atoms. The Bertz CT molecular complexity index is 915. The Morgan fingerprint density at radius 2 is 2.04 bits per heavy atom. The minimum absolute atomic E-state index is 0.0327. The first-order valence-corrected chi connectivity index (χ1v) is 10.1. The number of hydrogen-bond donors (Lipinski definition) is 0. The molecule has 1 saturated carbocycles. The molecule has 140 valence electrons. The number of sulfonamides is 1. The van der Waals surface area contributed by atoms with Crippen molar-refractivity contribution in [2.45, 2.75) is 30.2 Å². The van der Waals surface area contributed by atoms with Gasteiger partial charge in [0.15, 0.2) is 10.7 Å². The highest BCUT2D eigenvalue weighted by Gasteiger charge is 2.32. The van der Waals surface area contributed by atoms with Gasteiger partial charge in [-0.2, -0.15) is 4.31 Å². The Balaban J connectivity index is 1.45. The fourth-order valence-electron chi connectivity index (χ4n) is 3.10. The summed E-state index contributed by atoms with van der Waals surface area (Å²) in [6.45, 7) is 1.39. The lowest BCUT2D eigenvalue weighted by Gasteiger charge is -2.20. The predicted octanol–water partition coefficient (Wildman–Crippen LogP) is 0.822. The van der Waals surface area contributed by atoms with E-state index in [-0.39, 0.29) is 17.5 Å². The van der Waals surface area contributed by atoms with E-state index < -0.39 is 10.0 Å². The molecule has 0 atom stereocenters. The van der Waals surface area contributed by atoms with Gasteiger partial charge in [0, 0.05) is 51.4 Å². The molecule has 9 nitrogen and oxygen atoms in total. The average molecular weight is 379 g/mol. The summed E-state index contributed by atoms with van der Waals surface area (Å²) in [5.41, 5.74) is 0.299. The third kappa shape index (κ3) is 3.26. The van der Waals surface area contributed by atoms with Crippen LogP contribution in [0.3, 0.4) is 0 Å². The van der Waals surface area contributed by atoms with Crippen molar-refractivity contribution in [3.8, 4) is 0 Å². The van der Waals surface area contributed by atoms with Gasteiger partial charge in [-0.05, 0) is 19.3 Å². The average Bonchev–Trinajstić information content (AvgIpc) is 3.27. The third-order valence-electron chi connectivity index (χ3n) is 4.75. The van der Waals surface area contributed by atoms with E-state index in [4.69, 9.17) is 4.52 Å². The van der Waals surface area contributed by atoms with E-state index in [1.807, 2.05) is 0 Å². The maximum Gasteiger partial charge on any atom is 0.276 e. The van der Waals surface area contributed by atoms with Crippen molar-refractivity contribution >= 4 is 15.9 Å². The van der Waals surface area contributed by atoms with Gasteiger partial charge in [0.05, 0.1) is 6.33 Å². The number of aryl methyl sites for hydroxylation is 1. The van der Waals surface area contributed by atoms with Crippen LogP contribution in [0, 0.1) is 0 Å². The van der Waals surface area contributed by atoms with Gasteiger partial charge < -0.3 is 14.0 Å². The summed E-state index contributed by atoms with van der Waals surface area (Å²) in [4.78, 5) is 18.3. The Labute approximate surface area is 151 Å². The molecule has 3 heterocycles. The van der Waals surface area contributed by atoms with Crippen LogP contribution in [0.1, 0.15) is 41.4 Å². The SMILES string of the molecule is Cn1cnc(S(=O)(=O)N2CCCN(C(=O)c3cc(C4CC4)on3)CC2)c1. The van der Waals surface area contributed by atoms with Crippen LogP contribution in [-0.4, -0.2) is 64.4 Å². The van der Waals surface area contributed by atoms with Gasteiger partial charge in [-0.25, -0.2) is 13.4 Å². The van der Waals surface area contributed by atoms with E-state index in [0.29, 0.717) is 37.7 Å². The van der Waals surface area contributed by atoms with Gasteiger partial charge in [-0.3, -0.25) is 4.79 Å². The summed E-state index contributed by atoms with van der Waals surface area (Å²) in [5, 5.41) is 3.92. The standard InChI is InChI=1S/C16H21N5O4S/c1-19-10-15(17-11-19)26(23,24)21-6-2-5-20(7-8-21)16(22)13-9-14(25-18-13)12-3-4-12/h9-12H,2-8H2,1H3. The topological polar surface area (TPSA) is 102 Å². The Hall–Kier alpha value is -2.20. The minimum atomic E-state index is -3.65. The van der Waals surface area contributed by atoms with E-state index >= 15 is 0 Å². The zero-order valence-corrected chi connectivity index (χ0v) is 15.4. The highest BCUT2D eigenvalue weighted by atomic mass is 32.2. The summed E-state index contributed by atoms with van der Waals surface area (Å²) in [7, 11) is -1.92. The molecule has 4 rings (SSSR count). The summed E-state index contributed by atoms with van der Waals surface area (Å²) in [5.74, 6) is 0.951. The summed E-state index contributed by atoms with van der Waals surface area (Å²) < 4.78 is 33.7. The molecule has 1 saturated heterocycles. The molecule has 1 aliphatic heterocycles. The maximum atomic E-state index is 12.7. The predicted molar refractivity (Wildman–Crippen MR) is 91.0 cm³/mol. The third-order valence-corrected chi connectivity index (χ3v) is 6.54. The molecular formula is C16H21N5O4S. The van der Waals surface area contributed by atoms with Crippen molar-refractivity contribution < 1.29 is 17.7 Å². The number of amides is 1. The normalized spacial score (nSPS) is 19.5. The van der Waals surface area contributed by atoms with Gasteiger partial charge in [-0.1, -0.05) is 5.16 Å². The Morgan fingerprint density at radius 3 is 2.73 bits per heavy atom. The number of nitrogens with zero attached hydrogens (tertiary/aromatic N) is 5. The van der Waals surface area contributed by atoms with Gasteiger partial charge >= 0.3 is 0 Å². The number of carbonyl (C=O) groups excluding carboxylic acids is 1. The van der Waals surface area contributed by atoms with Crippen LogP contribution in [0.4, 0.5) is 0 Å². The molecular weight excluding hydrogens is 358 g/mol. The second-order valence-electron chi connectivity index (χ2n) is 6.82. The fourth-order valence-corrected chi connectivity index (χ4v) is 4.54. The van der Waals surface area contributed by atoms with Crippen LogP contribution in [0.15, 0.2) is 28.1 Å². The van der Waals surface area contributed by atoms with Crippen molar-refractivity contribution in [3.05, 3.63) is 30.0 Å². The Kier molecular flexibility index (Phi) is 4.31. The quantitative estimate of drug-likeness (QED) is 0.779. The van der Waals surface area contributed by atoms with Crippen LogP contribution >= 0.6 is 0 Å². The zero-order chi connectivity index (χ0) is 18.3. The monoisotopic (exact) mass is 379 g/mol. The number of aromatic nitrogens is 3. The molecule has 0 N–H and O–H groups in total. The van der Waals surface area contributed by atoms with Crippen molar-refractivity contribution in [2.75, 3.05) is 26.2 Å². The molecule has 2 aliphatic rings. The zero-order valence-electron chi connectivity index (χ0n) is 14.5. The van der Waals surface area contributed by atoms with Gasteiger partial charge in [0.1, 0.15) is 5.76 Å². The fraction of sp³-hybridized carbons (Fsp3) is 0.562. The lowest BCUT2D eigenvalue weighted by atomic mass is 10.2. The first kappa shape index (κ1) is 17.2. The van der Waals surface area contributed by atoms with Crippen LogP contribution in [-0.2, 0) is 17.1 Å². The van der Waals surface area contributed by atoms with Crippen LogP contribution in [0.25, 0.3) is 0 Å². The van der Waals surface area contributed by atoms with Crippen molar-refractivity contribution in [2.24, 2.45) is 7.05 Å².